The molecule has 0 saturated heterocycles. The summed E-state index contributed by atoms with van der Waals surface area (Å²) in [6.07, 6.45) is 10.4. The van der Waals surface area contributed by atoms with Crippen molar-refractivity contribution in [3.63, 3.8) is 0 Å². The number of carbonyl (C=O) groups is 1. The van der Waals surface area contributed by atoms with Crippen molar-refractivity contribution in [1.29, 1.82) is 0 Å². The molecule has 2 nitrogen and oxygen atoms in total. The first-order chi connectivity index (χ1) is 12.2. The monoisotopic (exact) mass is 362 g/mol. The number of hydrogen-bond acceptors (Lipinski definition) is 2. The molecule has 0 aliphatic carbocycles. The van der Waals surface area contributed by atoms with Gasteiger partial charge in [-0.2, -0.15) is 0 Å². The Labute approximate surface area is 163 Å². The quantitative estimate of drug-likeness (QED) is 0.233. The Kier molecular flexibility index (Phi) is 18.7. The molecule has 0 fully saturated rings. The molecule has 2 heteroatoms. The van der Waals surface area contributed by atoms with Crippen LogP contribution in [-0.2, 0) is 9.53 Å². The third-order valence-corrected chi connectivity index (χ3v) is 3.88. The third-order valence-electron chi connectivity index (χ3n) is 3.88. The first-order valence-corrected chi connectivity index (χ1v) is 10.0. The first kappa shape index (κ1) is 26.7. The van der Waals surface area contributed by atoms with Crippen LogP contribution in [0.15, 0.2) is 48.6 Å². The minimum atomic E-state index is -0.135. The molecule has 0 radical (unpaired) electrons. The summed E-state index contributed by atoms with van der Waals surface area (Å²) < 4.78 is 4.97. The second-order valence-corrected chi connectivity index (χ2v) is 7.20. The smallest absolute Gasteiger partial charge is 0.305 e. The molecule has 0 N–H and O–H groups in total. The summed E-state index contributed by atoms with van der Waals surface area (Å²) in [7, 11) is 0. The molecular formula is C24H42O2. The van der Waals surface area contributed by atoms with E-state index >= 15 is 0 Å². The van der Waals surface area contributed by atoms with E-state index in [1.165, 1.54) is 42.4 Å². The highest BCUT2D eigenvalue weighted by atomic mass is 16.5. The van der Waals surface area contributed by atoms with Crippen LogP contribution >= 0.6 is 0 Å². The Morgan fingerprint density at radius 2 is 1.19 bits per heavy atom. The molecule has 0 heterocycles. The average Bonchev–Trinajstić information content (AvgIpc) is 2.54. The second-order valence-electron chi connectivity index (χ2n) is 7.20. The van der Waals surface area contributed by atoms with Gasteiger partial charge in [-0.05, 0) is 58.8 Å². The fraction of sp³-hybridized carbons (Fsp3) is 0.625. The van der Waals surface area contributed by atoms with E-state index in [9.17, 15) is 4.79 Å². The van der Waals surface area contributed by atoms with E-state index in [1.807, 2.05) is 6.92 Å². The van der Waals surface area contributed by atoms with Gasteiger partial charge in [0, 0.05) is 12.8 Å². The van der Waals surface area contributed by atoms with Crippen molar-refractivity contribution in [2.45, 2.75) is 91.9 Å². The van der Waals surface area contributed by atoms with Crippen molar-refractivity contribution in [3.8, 4) is 0 Å². The van der Waals surface area contributed by atoms with Crippen LogP contribution in [-0.4, -0.2) is 12.6 Å². The lowest BCUT2D eigenvalue weighted by Gasteiger charge is -2.06. The van der Waals surface area contributed by atoms with Gasteiger partial charge in [-0.25, -0.2) is 0 Å². The number of esters is 1. The summed E-state index contributed by atoms with van der Waals surface area (Å²) in [6.45, 7) is 24.3. The third kappa shape index (κ3) is 22.4. The van der Waals surface area contributed by atoms with Crippen LogP contribution in [0.2, 0.25) is 0 Å². The van der Waals surface area contributed by atoms with E-state index in [2.05, 4.69) is 40.2 Å². The summed E-state index contributed by atoms with van der Waals surface area (Å²) in [5.74, 6) is -0.135. The molecule has 26 heavy (non-hydrogen) atoms. The Morgan fingerprint density at radius 3 is 1.58 bits per heavy atom. The predicted molar refractivity (Wildman–Crippen MR) is 116 cm³/mol. The first-order valence-electron chi connectivity index (χ1n) is 10.0. The maximum Gasteiger partial charge on any atom is 0.305 e. The Balaban J connectivity index is 0. The molecule has 0 rings (SSSR count). The van der Waals surface area contributed by atoms with Crippen molar-refractivity contribution in [3.05, 3.63) is 48.6 Å². The van der Waals surface area contributed by atoms with Gasteiger partial charge in [0.15, 0.2) is 0 Å². The van der Waals surface area contributed by atoms with Crippen LogP contribution in [0.1, 0.15) is 91.9 Å². The van der Waals surface area contributed by atoms with E-state index < -0.39 is 0 Å². The normalized spacial score (nSPS) is 9.69. The van der Waals surface area contributed by atoms with Crippen LogP contribution < -0.4 is 0 Å². The molecule has 0 amide bonds. The topological polar surface area (TPSA) is 26.3 Å². The Morgan fingerprint density at radius 1 is 0.731 bits per heavy atom. The summed E-state index contributed by atoms with van der Waals surface area (Å²) in [4.78, 5) is 10.8. The summed E-state index contributed by atoms with van der Waals surface area (Å²) in [5.41, 5.74) is 5.04. The van der Waals surface area contributed by atoms with Gasteiger partial charge in [-0.1, -0.05) is 55.7 Å². The van der Waals surface area contributed by atoms with E-state index in [0.717, 1.165) is 37.7 Å². The van der Waals surface area contributed by atoms with E-state index in [4.69, 9.17) is 4.74 Å². The zero-order valence-corrected chi connectivity index (χ0v) is 17.9. The molecule has 0 aromatic carbocycles. The number of ether oxygens (including phenoxy) is 1. The fourth-order valence-corrected chi connectivity index (χ4v) is 2.30. The lowest BCUT2D eigenvalue weighted by Crippen LogP contribution is -2.04. The molecule has 0 aromatic rings. The number of rotatable bonds is 14. The minimum absolute atomic E-state index is 0.135. The van der Waals surface area contributed by atoms with Gasteiger partial charge in [0.25, 0.3) is 0 Å². The summed E-state index contributed by atoms with van der Waals surface area (Å²) in [5, 5.41) is 0. The predicted octanol–water partition coefficient (Wildman–Crippen LogP) is 7.72. The summed E-state index contributed by atoms with van der Waals surface area (Å²) >= 11 is 0. The summed E-state index contributed by atoms with van der Waals surface area (Å²) in [6, 6.07) is 0. The molecule has 0 aromatic heterocycles. The Hall–Kier alpha value is -1.57. The Bertz CT molecular complexity index is 443. The van der Waals surface area contributed by atoms with E-state index in [-0.39, 0.29) is 5.97 Å². The average molecular weight is 363 g/mol. The number of hydrogen-bond donors (Lipinski definition) is 0. The molecule has 0 spiro atoms. The van der Waals surface area contributed by atoms with Crippen molar-refractivity contribution in [2.24, 2.45) is 0 Å². The SMILES string of the molecule is C=C(C)CCCC(=C)CCC.C=C(C)CCCC(=C)CCOC(=O)CC. The van der Waals surface area contributed by atoms with Gasteiger partial charge in [0.2, 0.25) is 0 Å². The fourth-order valence-electron chi connectivity index (χ4n) is 2.30. The molecule has 0 unspecified atom stereocenters. The highest BCUT2D eigenvalue weighted by Gasteiger charge is 2.00. The van der Waals surface area contributed by atoms with Gasteiger partial charge in [0.05, 0.1) is 6.61 Å². The van der Waals surface area contributed by atoms with Gasteiger partial charge < -0.3 is 4.74 Å². The highest BCUT2D eigenvalue weighted by molar-refractivity contribution is 5.68. The molecule has 0 aliphatic heterocycles. The maximum atomic E-state index is 10.8. The van der Waals surface area contributed by atoms with Crippen LogP contribution in [0.4, 0.5) is 0 Å². The van der Waals surface area contributed by atoms with E-state index in [0.29, 0.717) is 13.0 Å². The van der Waals surface area contributed by atoms with Crippen LogP contribution in [0.25, 0.3) is 0 Å². The lowest BCUT2D eigenvalue weighted by atomic mass is 10.0. The molecule has 0 aliphatic rings. The van der Waals surface area contributed by atoms with Crippen LogP contribution in [0, 0.1) is 0 Å². The largest absolute Gasteiger partial charge is 0.465 e. The number of carbonyl (C=O) groups excluding carboxylic acids is 1. The second kappa shape index (κ2) is 18.2. The molecule has 0 atom stereocenters. The molecule has 0 bridgehead atoms. The standard InChI is InChI=1S/C13H22O2.C11H20/c1-5-13(14)15-10-9-12(4)8-6-7-11(2)3;1-5-7-11(4)9-6-8-10(2)3/h2,4-10H2,1,3H3;2,4-9H2,1,3H3. The minimum Gasteiger partial charge on any atom is -0.465 e. The van der Waals surface area contributed by atoms with Gasteiger partial charge in [-0.15, -0.1) is 13.2 Å². The zero-order valence-electron chi connectivity index (χ0n) is 17.9. The maximum absolute atomic E-state index is 10.8. The van der Waals surface area contributed by atoms with Gasteiger partial charge >= 0.3 is 5.97 Å². The van der Waals surface area contributed by atoms with Crippen molar-refractivity contribution in [2.75, 3.05) is 6.61 Å². The zero-order chi connectivity index (χ0) is 20.4. The van der Waals surface area contributed by atoms with Crippen LogP contribution in [0.3, 0.4) is 0 Å². The van der Waals surface area contributed by atoms with Gasteiger partial charge in [0.1, 0.15) is 0 Å². The molecule has 150 valence electrons. The molecular weight excluding hydrogens is 320 g/mol. The van der Waals surface area contributed by atoms with Crippen LogP contribution in [0.5, 0.6) is 0 Å². The lowest BCUT2D eigenvalue weighted by molar-refractivity contribution is -0.143. The van der Waals surface area contributed by atoms with Crippen molar-refractivity contribution in [1.82, 2.24) is 0 Å². The van der Waals surface area contributed by atoms with Crippen molar-refractivity contribution >= 4 is 5.97 Å². The van der Waals surface area contributed by atoms with Gasteiger partial charge in [-0.3, -0.25) is 4.79 Å². The van der Waals surface area contributed by atoms with Crippen molar-refractivity contribution < 1.29 is 9.53 Å². The number of allylic oxidation sites excluding steroid dienone is 3. The van der Waals surface area contributed by atoms with E-state index in [1.54, 1.807) is 6.92 Å². The highest BCUT2D eigenvalue weighted by Crippen LogP contribution is 2.13. The molecule has 0 saturated carbocycles.